The van der Waals surface area contributed by atoms with Crippen molar-refractivity contribution in [2.24, 2.45) is 0 Å². The number of aromatic nitrogens is 2. The van der Waals surface area contributed by atoms with Gasteiger partial charge in [-0.1, -0.05) is 91.9 Å². The van der Waals surface area contributed by atoms with Crippen LogP contribution in [0.3, 0.4) is 0 Å². The van der Waals surface area contributed by atoms with E-state index in [0.717, 1.165) is 52.1 Å². The summed E-state index contributed by atoms with van der Waals surface area (Å²) in [5.41, 5.74) is 10.2. The van der Waals surface area contributed by atoms with Crippen LogP contribution in [0.15, 0.2) is 109 Å². The molecule has 0 saturated heterocycles. The molecule has 1 heterocycles. The second kappa shape index (κ2) is 10.9. The van der Waals surface area contributed by atoms with Crippen LogP contribution in [0, 0.1) is 0 Å². The van der Waals surface area contributed by atoms with Crippen LogP contribution in [-0.4, -0.2) is 21.3 Å². The number of hydrogen-bond donors (Lipinski definition) is 2. The van der Waals surface area contributed by atoms with E-state index in [2.05, 4.69) is 96.0 Å². The molecular formula is C33H28N2O2. The van der Waals surface area contributed by atoms with E-state index >= 15 is 0 Å². The first-order valence-electron chi connectivity index (χ1n) is 12.4. The number of rotatable bonds is 8. The third-order valence-corrected chi connectivity index (χ3v) is 6.56. The molecule has 0 radical (unpaired) electrons. The lowest BCUT2D eigenvalue weighted by Crippen LogP contribution is -1.96. The summed E-state index contributed by atoms with van der Waals surface area (Å²) in [4.78, 5) is 10.9. The summed E-state index contributed by atoms with van der Waals surface area (Å²) in [5, 5.41) is 17.3. The number of aromatic amines is 1. The maximum atomic E-state index is 10.9. The zero-order valence-corrected chi connectivity index (χ0v) is 20.7. The first-order chi connectivity index (χ1) is 18.1. The Hall–Kier alpha value is -4.70. The van der Waals surface area contributed by atoms with E-state index in [-0.39, 0.29) is 0 Å². The number of allylic oxidation sites excluding steroid dienone is 1. The van der Waals surface area contributed by atoms with Crippen molar-refractivity contribution in [2.45, 2.75) is 19.8 Å². The Morgan fingerprint density at radius 1 is 0.838 bits per heavy atom. The molecular weight excluding hydrogens is 456 g/mol. The molecule has 5 aromatic rings. The summed E-state index contributed by atoms with van der Waals surface area (Å²) in [5.74, 6) is -0.956. The molecule has 182 valence electrons. The van der Waals surface area contributed by atoms with Crippen LogP contribution < -0.4 is 0 Å². The highest BCUT2D eigenvalue weighted by atomic mass is 16.4. The number of hydrogen-bond acceptors (Lipinski definition) is 2. The highest BCUT2D eigenvalue weighted by Gasteiger charge is 2.14. The Morgan fingerprint density at radius 2 is 1.51 bits per heavy atom. The van der Waals surface area contributed by atoms with Gasteiger partial charge in [0.25, 0.3) is 0 Å². The predicted molar refractivity (Wildman–Crippen MR) is 151 cm³/mol. The average Bonchev–Trinajstić information content (AvgIpc) is 3.40. The minimum atomic E-state index is -0.956. The highest BCUT2D eigenvalue weighted by molar-refractivity contribution is 6.00. The van der Waals surface area contributed by atoms with Gasteiger partial charge < -0.3 is 5.11 Å². The summed E-state index contributed by atoms with van der Waals surface area (Å²) < 4.78 is 0. The SMILES string of the molecule is CC/C(=C(/c1ccc(/C=C/C(=O)O)cc1)c1ccc2[nH]ncc2c1)c1ccc(Cc2ccccc2)cc1. The van der Waals surface area contributed by atoms with Crippen molar-refractivity contribution in [1.29, 1.82) is 0 Å². The summed E-state index contributed by atoms with van der Waals surface area (Å²) in [7, 11) is 0. The standard InChI is InChI=1S/C33H28N2O2/c1-2-30(26-13-10-25(11-14-26)20-24-6-4-3-5-7-24)33(28-17-18-31-29(21-28)22-34-35-31)27-15-8-23(9-16-27)12-19-32(36)37/h3-19,21-22H,2,20H2,1H3,(H,34,35)(H,36,37)/b19-12+,33-30+. The van der Waals surface area contributed by atoms with E-state index in [1.165, 1.54) is 22.3 Å². The minimum Gasteiger partial charge on any atom is -0.478 e. The van der Waals surface area contributed by atoms with Gasteiger partial charge in [0.1, 0.15) is 0 Å². The van der Waals surface area contributed by atoms with Gasteiger partial charge in [-0.25, -0.2) is 4.79 Å². The maximum absolute atomic E-state index is 10.9. The molecule has 0 unspecified atom stereocenters. The van der Waals surface area contributed by atoms with Crippen molar-refractivity contribution in [3.05, 3.63) is 143 Å². The van der Waals surface area contributed by atoms with E-state index < -0.39 is 5.97 Å². The quantitative estimate of drug-likeness (QED) is 0.176. The largest absolute Gasteiger partial charge is 0.478 e. The summed E-state index contributed by atoms with van der Waals surface area (Å²) in [6, 6.07) is 33.8. The molecule has 0 amide bonds. The highest BCUT2D eigenvalue weighted by Crippen LogP contribution is 2.36. The molecule has 0 atom stereocenters. The molecule has 0 saturated carbocycles. The molecule has 0 bridgehead atoms. The van der Waals surface area contributed by atoms with E-state index in [1.54, 1.807) is 6.08 Å². The first kappa shape index (κ1) is 24.0. The van der Waals surface area contributed by atoms with Gasteiger partial charge >= 0.3 is 5.97 Å². The van der Waals surface area contributed by atoms with E-state index in [0.29, 0.717) is 0 Å². The van der Waals surface area contributed by atoms with Crippen molar-refractivity contribution in [3.8, 4) is 0 Å². The van der Waals surface area contributed by atoms with Gasteiger partial charge in [0.2, 0.25) is 0 Å². The zero-order valence-electron chi connectivity index (χ0n) is 20.7. The van der Waals surface area contributed by atoms with Crippen LogP contribution in [-0.2, 0) is 11.2 Å². The third-order valence-electron chi connectivity index (χ3n) is 6.56. The predicted octanol–water partition coefficient (Wildman–Crippen LogP) is 7.62. The van der Waals surface area contributed by atoms with Crippen molar-refractivity contribution in [2.75, 3.05) is 0 Å². The zero-order chi connectivity index (χ0) is 25.6. The minimum absolute atomic E-state index is 0.846. The molecule has 0 fully saturated rings. The summed E-state index contributed by atoms with van der Waals surface area (Å²) in [6.45, 7) is 2.19. The van der Waals surface area contributed by atoms with E-state index in [1.807, 2.05) is 24.4 Å². The Labute approximate surface area is 216 Å². The number of nitrogens with zero attached hydrogens (tertiary/aromatic N) is 1. The number of fused-ring (bicyclic) bond motifs is 1. The molecule has 1 aromatic heterocycles. The molecule has 0 aliphatic carbocycles. The van der Waals surface area contributed by atoms with Crippen LogP contribution in [0.4, 0.5) is 0 Å². The monoisotopic (exact) mass is 484 g/mol. The van der Waals surface area contributed by atoms with Gasteiger partial charge in [-0.2, -0.15) is 5.10 Å². The van der Waals surface area contributed by atoms with Crippen LogP contribution in [0.1, 0.15) is 46.7 Å². The van der Waals surface area contributed by atoms with Gasteiger partial charge in [-0.3, -0.25) is 5.10 Å². The second-order valence-corrected chi connectivity index (χ2v) is 9.03. The topological polar surface area (TPSA) is 66.0 Å². The Morgan fingerprint density at radius 3 is 2.22 bits per heavy atom. The lowest BCUT2D eigenvalue weighted by atomic mass is 9.87. The number of H-pyrrole nitrogens is 1. The Bertz CT molecular complexity index is 1580. The van der Waals surface area contributed by atoms with Crippen molar-refractivity contribution in [3.63, 3.8) is 0 Å². The number of benzene rings is 4. The normalized spacial score (nSPS) is 12.1. The average molecular weight is 485 g/mol. The molecule has 0 aliphatic rings. The smallest absolute Gasteiger partial charge is 0.328 e. The number of carboxylic acid groups (broad SMARTS) is 1. The number of nitrogens with one attached hydrogen (secondary N) is 1. The van der Waals surface area contributed by atoms with Crippen LogP contribution in [0.25, 0.3) is 28.1 Å². The fourth-order valence-corrected chi connectivity index (χ4v) is 4.72. The summed E-state index contributed by atoms with van der Waals surface area (Å²) >= 11 is 0. The van der Waals surface area contributed by atoms with Crippen molar-refractivity contribution < 1.29 is 9.90 Å². The second-order valence-electron chi connectivity index (χ2n) is 9.03. The molecule has 4 nitrogen and oxygen atoms in total. The lowest BCUT2D eigenvalue weighted by Gasteiger charge is -2.17. The molecule has 5 rings (SSSR count). The first-order valence-corrected chi connectivity index (χ1v) is 12.4. The molecule has 37 heavy (non-hydrogen) atoms. The van der Waals surface area contributed by atoms with Gasteiger partial charge in [-0.15, -0.1) is 0 Å². The number of aliphatic carboxylic acids is 1. The van der Waals surface area contributed by atoms with Crippen molar-refractivity contribution in [1.82, 2.24) is 10.2 Å². The fourth-order valence-electron chi connectivity index (χ4n) is 4.72. The van der Waals surface area contributed by atoms with Gasteiger partial charge in [0.15, 0.2) is 0 Å². The van der Waals surface area contributed by atoms with Crippen molar-refractivity contribution >= 4 is 34.1 Å². The molecule has 0 spiro atoms. The number of carbonyl (C=O) groups is 1. The third kappa shape index (κ3) is 5.60. The Kier molecular flexibility index (Phi) is 7.09. The van der Waals surface area contributed by atoms with Crippen LogP contribution in [0.2, 0.25) is 0 Å². The van der Waals surface area contributed by atoms with Gasteiger partial charge in [0, 0.05) is 11.5 Å². The van der Waals surface area contributed by atoms with Crippen LogP contribution in [0.5, 0.6) is 0 Å². The van der Waals surface area contributed by atoms with Gasteiger partial charge in [0.05, 0.1) is 11.7 Å². The molecule has 2 N–H and O–H groups in total. The Balaban J connectivity index is 1.58. The van der Waals surface area contributed by atoms with E-state index in [9.17, 15) is 4.79 Å². The summed E-state index contributed by atoms with van der Waals surface area (Å²) in [6.07, 6.45) is 6.38. The molecule has 4 heteroatoms. The number of carboxylic acids is 1. The van der Waals surface area contributed by atoms with E-state index in [4.69, 9.17) is 5.11 Å². The van der Waals surface area contributed by atoms with Crippen LogP contribution >= 0.6 is 0 Å². The molecule has 0 aliphatic heterocycles. The molecule has 4 aromatic carbocycles. The van der Waals surface area contributed by atoms with Gasteiger partial charge in [-0.05, 0) is 75.6 Å². The maximum Gasteiger partial charge on any atom is 0.328 e. The fraction of sp³-hybridized carbons (Fsp3) is 0.0909. The lowest BCUT2D eigenvalue weighted by molar-refractivity contribution is -0.131.